The van der Waals surface area contributed by atoms with E-state index in [9.17, 15) is 9.18 Å². The quantitative estimate of drug-likeness (QED) is 0.590. The van der Waals surface area contributed by atoms with E-state index in [4.69, 9.17) is 0 Å². The predicted octanol–water partition coefficient (Wildman–Crippen LogP) is 5.33. The minimum absolute atomic E-state index is 0.138. The van der Waals surface area contributed by atoms with Crippen molar-refractivity contribution in [2.45, 2.75) is 39.8 Å². The molecule has 0 saturated heterocycles. The largest absolute Gasteiger partial charge is 0.347 e. The SMILES string of the molecule is C=CCn1c(C(=O)NCc2ccc(F)cc2)c(C)c2cc(C(C)C)ccc21. The third kappa shape index (κ3) is 3.80. The number of hydrogen-bond acceptors (Lipinski definition) is 1. The Labute approximate surface area is 159 Å². The lowest BCUT2D eigenvalue weighted by Gasteiger charge is -2.10. The van der Waals surface area contributed by atoms with Gasteiger partial charge >= 0.3 is 0 Å². The van der Waals surface area contributed by atoms with Gasteiger partial charge in [0.2, 0.25) is 0 Å². The Hall–Kier alpha value is -2.88. The number of aryl methyl sites for hydroxylation is 1. The molecule has 0 unspecified atom stereocenters. The van der Waals surface area contributed by atoms with Gasteiger partial charge in [0.05, 0.1) is 0 Å². The topological polar surface area (TPSA) is 34.0 Å². The first-order chi connectivity index (χ1) is 12.9. The molecular formula is C23H25FN2O. The van der Waals surface area contributed by atoms with E-state index in [1.54, 1.807) is 18.2 Å². The number of carbonyl (C=O) groups excluding carboxylic acids is 1. The zero-order valence-corrected chi connectivity index (χ0v) is 16.1. The number of nitrogens with zero attached hydrogens (tertiary/aromatic N) is 1. The smallest absolute Gasteiger partial charge is 0.268 e. The van der Waals surface area contributed by atoms with Crippen molar-refractivity contribution in [1.29, 1.82) is 0 Å². The number of allylic oxidation sites excluding steroid dienone is 1. The maximum Gasteiger partial charge on any atom is 0.268 e. The third-order valence-electron chi connectivity index (χ3n) is 4.90. The van der Waals surface area contributed by atoms with Crippen molar-refractivity contribution in [2.24, 2.45) is 0 Å². The Kier molecular flexibility index (Phi) is 5.45. The highest BCUT2D eigenvalue weighted by Gasteiger charge is 2.20. The monoisotopic (exact) mass is 364 g/mol. The summed E-state index contributed by atoms with van der Waals surface area (Å²) in [6, 6.07) is 12.5. The Morgan fingerprint density at radius 1 is 1.22 bits per heavy atom. The van der Waals surface area contributed by atoms with E-state index in [1.165, 1.54) is 17.7 Å². The van der Waals surface area contributed by atoms with Gasteiger partial charge in [-0.05, 0) is 53.8 Å². The molecule has 0 aliphatic carbocycles. The number of rotatable bonds is 6. The van der Waals surface area contributed by atoms with Crippen molar-refractivity contribution in [1.82, 2.24) is 9.88 Å². The van der Waals surface area contributed by atoms with E-state index >= 15 is 0 Å². The maximum absolute atomic E-state index is 13.0. The van der Waals surface area contributed by atoms with Crippen LogP contribution in [-0.2, 0) is 13.1 Å². The summed E-state index contributed by atoms with van der Waals surface area (Å²) in [4.78, 5) is 12.9. The van der Waals surface area contributed by atoms with Crippen molar-refractivity contribution >= 4 is 16.8 Å². The fourth-order valence-corrected chi connectivity index (χ4v) is 3.38. The molecule has 1 aromatic heterocycles. The fourth-order valence-electron chi connectivity index (χ4n) is 3.38. The first-order valence-electron chi connectivity index (χ1n) is 9.18. The Bertz CT molecular complexity index is 984. The molecule has 0 spiro atoms. The van der Waals surface area contributed by atoms with Gasteiger partial charge in [-0.2, -0.15) is 0 Å². The lowest BCUT2D eigenvalue weighted by molar-refractivity contribution is 0.0942. The van der Waals surface area contributed by atoms with Crippen LogP contribution in [0.3, 0.4) is 0 Å². The molecule has 0 fully saturated rings. The summed E-state index contributed by atoms with van der Waals surface area (Å²) in [5.74, 6) is 0.00117. The lowest BCUT2D eigenvalue weighted by Crippen LogP contribution is -2.26. The van der Waals surface area contributed by atoms with E-state index in [0.29, 0.717) is 24.7 Å². The van der Waals surface area contributed by atoms with Crippen molar-refractivity contribution in [3.05, 3.63) is 83.3 Å². The first-order valence-corrected chi connectivity index (χ1v) is 9.18. The molecule has 4 heteroatoms. The molecule has 1 amide bonds. The van der Waals surface area contributed by atoms with E-state index < -0.39 is 0 Å². The molecule has 3 rings (SSSR count). The molecule has 0 atom stereocenters. The highest BCUT2D eigenvalue weighted by molar-refractivity contribution is 6.01. The minimum Gasteiger partial charge on any atom is -0.347 e. The van der Waals surface area contributed by atoms with Gasteiger partial charge < -0.3 is 9.88 Å². The van der Waals surface area contributed by atoms with Crippen LogP contribution in [0.5, 0.6) is 0 Å². The van der Waals surface area contributed by atoms with Gasteiger partial charge in [0.25, 0.3) is 5.91 Å². The summed E-state index contributed by atoms with van der Waals surface area (Å²) < 4.78 is 15.1. The molecule has 140 valence electrons. The van der Waals surface area contributed by atoms with Gasteiger partial charge in [-0.15, -0.1) is 6.58 Å². The average Bonchev–Trinajstić information content (AvgIpc) is 2.93. The van der Waals surface area contributed by atoms with Crippen molar-refractivity contribution in [3.63, 3.8) is 0 Å². The van der Waals surface area contributed by atoms with E-state index in [0.717, 1.165) is 22.0 Å². The summed E-state index contributed by atoms with van der Waals surface area (Å²) in [6.45, 7) is 11.1. The number of fused-ring (bicyclic) bond motifs is 1. The van der Waals surface area contributed by atoms with Crippen molar-refractivity contribution < 1.29 is 9.18 Å². The molecule has 0 saturated carbocycles. The summed E-state index contributed by atoms with van der Waals surface area (Å²) in [6.07, 6.45) is 1.80. The van der Waals surface area contributed by atoms with Crippen LogP contribution in [0.1, 0.15) is 46.9 Å². The molecule has 0 bridgehead atoms. The molecule has 2 aromatic carbocycles. The van der Waals surface area contributed by atoms with Gasteiger partial charge in [-0.3, -0.25) is 4.79 Å². The zero-order chi connectivity index (χ0) is 19.6. The van der Waals surface area contributed by atoms with Gasteiger partial charge in [-0.1, -0.05) is 38.1 Å². The molecule has 0 radical (unpaired) electrons. The summed E-state index contributed by atoms with van der Waals surface area (Å²) in [5, 5.41) is 4.05. The number of carbonyl (C=O) groups is 1. The molecular weight excluding hydrogens is 339 g/mol. The molecule has 27 heavy (non-hydrogen) atoms. The van der Waals surface area contributed by atoms with Crippen LogP contribution in [-0.4, -0.2) is 10.5 Å². The number of aromatic nitrogens is 1. The fraction of sp³-hybridized carbons (Fsp3) is 0.261. The normalized spacial score (nSPS) is 11.1. The second kappa shape index (κ2) is 7.78. The van der Waals surface area contributed by atoms with Gasteiger partial charge in [-0.25, -0.2) is 4.39 Å². The number of amides is 1. The molecule has 1 heterocycles. The molecule has 0 aliphatic heterocycles. The van der Waals surface area contributed by atoms with Crippen LogP contribution >= 0.6 is 0 Å². The van der Waals surface area contributed by atoms with E-state index in [1.807, 2.05) is 11.5 Å². The standard InChI is InChI=1S/C23H25FN2O/c1-5-12-26-21-11-8-18(15(2)3)13-20(21)16(4)22(26)23(27)25-14-17-6-9-19(24)10-7-17/h5-11,13,15H,1,12,14H2,2-4H3,(H,25,27). The Morgan fingerprint density at radius 3 is 2.56 bits per heavy atom. The second-order valence-corrected chi connectivity index (χ2v) is 7.11. The number of hydrogen-bond donors (Lipinski definition) is 1. The van der Waals surface area contributed by atoms with Crippen LogP contribution in [0.15, 0.2) is 55.1 Å². The average molecular weight is 364 g/mol. The first kappa shape index (κ1) is 18.9. The van der Waals surface area contributed by atoms with E-state index in [-0.39, 0.29) is 11.7 Å². The zero-order valence-electron chi connectivity index (χ0n) is 16.1. The van der Waals surface area contributed by atoms with Crippen LogP contribution in [0.2, 0.25) is 0 Å². The van der Waals surface area contributed by atoms with Gasteiger partial charge in [0, 0.05) is 24.0 Å². The number of halogens is 1. The second-order valence-electron chi connectivity index (χ2n) is 7.11. The van der Waals surface area contributed by atoms with E-state index in [2.05, 4.69) is 43.9 Å². The van der Waals surface area contributed by atoms with Crippen LogP contribution in [0, 0.1) is 12.7 Å². The maximum atomic E-state index is 13.0. The number of nitrogens with one attached hydrogen (secondary N) is 1. The third-order valence-corrected chi connectivity index (χ3v) is 4.90. The van der Waals surface area contributed by atoms with Gasteiger partial charge in [0.1, 0.15) is 11.5 Å². The highest BCUT2D eigenvalue weighted by atomic mass is 19.1. The van der Waals surface area contributed by atoms with Crippen molar-refractivity contribution in [2.75, 3.05) is 0 Å². The molecule has 3 aromatic rings. The summed E-state index contributed by atoms with van der Waals surface area (Å²) in [7, 11) is 0. The Morgan fingerprint density at radius 2 is 1.93 bits per heavy atom. The Balaban J connectivity index is 1.97. The summed E-state index contributed by atoms with van der Waals surface area (Å²) in [5.41, 5.74) is 4.75. The minimum atomic E-state index is -0.284. The van der Waals surface area contributed by atoms with Gasteiger partial charge in [0.15, 0.2) is 0 Å². The molecule has 1 N–H and O–H groups in total. The number of benzene rings is 2. The molecule has 0 aliphatic rings. The summed E-state index contributed by atoms with van der Waals surface area (Å²) >= 11 is 0. The van der Waals surface area contributed by atoms with Crippen LogP contribution in [0.4, 0.5) is 4.39 Å². The highest BCUT2D eigenvalue weighted by Crippen LogP contribution is 2.29. The lowest BCUT2D eigenvalue weighted by atomic mass is 10.0. The van der Waals surface area contributed by atoms with Crippen molar-refractivity contribution in [3.8, 4) is 0 Å². The van der Waals surface area contributed by atoms with Crippen LogP contribution < -0.4 is 5.32 Å². The molecule has 3 nitrogen and oxygen atoms in total. The van der Waals surface area contributed by atoms with Crippen LogP contribution in [0.25, 0.3) is 10.9 Å². The predicted molar refractivity (Wildman–Crippen MR) is 109 cm³/mol.